The number of hydrogen-bond donors (Lipinski definition) is 2. The maximum atomic E-state index is 11.7. The molecular formula is C13H17BrN2O2. The third-order valence-corrected chi connectivity index (χ3v) is 3.45. The van der Waals surface area contributed by atoms with Crippen LogP contribution >= 0.6 is 15.9 Å². The second-order valence-corrected chi connectivity index (χ2v) is 5.54. The van der Waals surface area contributed by atoms with Crippen LogP contribution < -0.4 is 10.2 Å². The molecule has 0 aliphatic heterocycles. The van der Waals surface area contributed by atoms with E-state index in [4.69, 9.17) is 0 Å². The molecular weight excluding hydrogens is 296 g/mol. The van der Waals surface area contributed by atoms with E-state index in [-0.39, 0.29) is 12.5 Å². The van der Waals surface area contributed by atoms with Gasteiger partial charge in [0.2, 0.25) is 5.91 Å². The Hall–Kier alpha value is -1.07. The highest BCUT2D eigenvalue weighted by molar-refractivity contribution is 9.10. The number of rotatable bonds is 5. The Morgan fingerprint density at radius 3 is 2.89 bits per heavy atom. The average molecular weight is 313 g/mol. The molecule has 1 saturated carbocycles. The molecule has 1 aromatic carbocycles. The summed E-state index contributed by atoms with van der Waals surface area (Å²) in [5, 5.41) is 12.3. The van der Waals surface area contributed by atoms with E-state index in [0.29, 0.717) is 12.6 Å². The normalized spacial score (nSPS) is 14.4. The molecule has 4 nitrogen and oxygen atoms in total. The molecule has 0 heterocycles. The van der Waals surface area contributed by atoms with E-state index in [2.05, 4.69) is 21.2 Å². The number of carbonyl (C=O) groups excluding carboxylic acids is 1. The Labute approximate surface area is 115 Å². The highest BCUT2D eigenvalue weighted by Crippen LogP contribution is 2.24. The third kappa shape index (κ3) is 3.46. The van der Waals surface area contributed by atoms with Crippen LogP contribution in [0.1, 0.15) is 18.4 Å². The molecule has 2 N–H and O–H groups in total. The molecule has 1 amide bonds. The minimum atomic E-state index is -0.0306. The van der Waals surface area contributed by atoms with Crippen molar-refractivity contribution in [3.8, 4) is 0 Å². The summed E-state index contributed by atoms with van der Waals surface area (Å²) in [6.45, 7) is 0.275. The molecule has 0 bridgehead atoms. The maximum Gasteiger partial charge on any atom is 0.239 e. The van der Waals surface area contributed by atoms with E-state index in [9.17, 15) is 9.90 Å². The van der Waals surface area contributed by atoms with Gasteiger partial charge in [0.25, 0.3) is 0 Å². The number of halogens is 1. The Morgan fingerprint density at radius 2 is 2.28 bits per heavy atom. The zero-order chi connectivity index (χ0) is 13.1. The van der Waals surface area contributed by atoms with Gasteiger partial charge in [0, 0.05) is 28.8 Å². The van der Waals surface area contributed by atoms with Crippen molar-refractivity contribution < 1.29 is 9.90 Å². The van der Waals surface area contributed by atoms with Gasteiger partial charge in [-0.2, -0.15) is 0 Å². The monoisotopic (exact) mass is 312 g/mol. The minimum Gasteiger partial charge on any atom is -0.392 e. The molecule has 1 aliphatic carbocycles. The number of nitrogens with zero attached hydrogens (tertiary/aromatic N) is 1. The van der Waals surface area contributed by atoms with E-state index in [1.54, 1.807) is 0 Å². The number of likely N-dealkylation sites (N-methyl/N-ethyl adjacent to an activating group) is 1. The van der Waals surface area contributed by atoms with Gasteiger partial charge in [-0.15, -0.1) is 0 Å². The summed E-state index contributed by atoms with van der Waals surface area (Å²) in [5.41, 5.74) is 1.69. The fourth-order valence-corrected chi connectivity index (χ4v) is 2.18. The maximum absolute atomic E-state index is 11.7. The first kappa shape index (κ1) is 13.4. The van der Waals surface area contributed by atoms with Crippen molar-refractivity contribution in [3.63, 3.8) is 0 Å². The van der Waals surface area contributed by atoms with Crippen molar-refractivity contribution in [2.75, 3.05) is 18.5 Å². The Kier molecular flexibility index (Phi) is 4.24. The molecule has 1 fully saturated rings. The molecule has 1 aromatic rings. The van der Waals surface area contributed by atoms with Crippen molar-refractivity contribution >= 4 is 27.5 Å². The Morgan fingerprint density at radius 1 is 1.56 bits per heavy atom. The Balaban J connectivity index is 2.04. The van der Waals surface area contributed by atoms with E-state index < -0.39 is 0 Å². The third-order valence-electron chi connectivity index (χ3n) is 2.95. The number of nitrogens with one attached hydrogen (secondary N) is 1. The predicted octanol–water partition coefficient (Wildman–Crippen LogP) is 1.66. The van der Waals surface area contributed by atoms with Crippen LogP contribution in [0.4, 0.5) is 5.69 Å². The first-order valence-corrected chi connectivity index (χ1v) is 6.79. The summed E-state index contributed by atoms with van der Waals surface area (Å²) in [6.07, 6.45) is 2.18. The summed E-state index contributed by atoms with van der Waals surface area (Å²) in [6, 6.07) is 6.03. The van der Waals surface area contributed by atoms with Gasteiger partial charge in [-0.05, 0) is 25.0 Å². The van der Waals surface area contributed by atoms with Crippen LogP contribution in [0.2, 0.25) is 0 Å². The molecule has 0 saturated heterocycles. The predicted molar refractivity (Wildman–Crippen MR) is 74.5 cm³/mol. The zero-order valence-corrected chi connectivity index (χ0v) is 11.9. The van der Waals surface area contributed by atoms with Gasteiger partial charge < -0.3 is 15.3 Å². The summed E-state index contributed by atoms with van der Waals surface area (Å²) in [4.78, 5) is 13.6. The number of amides is 1. The summed E-state index contributed by atoms with van der Waals surface area (Å²) >= 11 is 3.40. The van der Waals surface area contributed by atoms with Crippen LogP contribution in [0, 0.1) is 0 Å². The lowest BCUT2D eigenvalue weighted by atomic mass is 10.1. The molecule has 98 valence electrons. The van der Waals surface area contributed by atoms with Gasteiger partial charge in [0.15, 0.2) is 0 Å². The van der Waals surface area contributed by atoms with Crippen LogP contribution in [-0.2, 0) is 11.4 Å². The average Bonchev–Trinajstić information content (AvgIpc) is 3.12. The number of hydrogen-bond acceptors (Lipinski definition) is 3. The standard InChI is InChI=1S/C13H17BrN2O2/c1-16(7-13(18)15-11-4-5-11)12-6-10(14)3-2-9(12)8-17/h2-3,6,11,17H,4-5,7-8H2,1H3,(H,15,18). The topological polar surface area (TPSA) is 52.6 Å². The van der Waals surface area contributed by atoms with Crippen LogP contribution in [0.15, 0.2) is 22.7 Å². The quantitative estimate of drug-likeness (QED) is 0.869. The summed E-state index contributed by atoms with van der Waals surface area (Å²) in [7, 11) is 1.85. The van der Waals surface area contributed by atoms with Crippen LogP contribution in [-0.4, -0.2) is 30.6 Å². The van der Waals surface area contributed by atoms with Crippen molar-refractivity contribution in [2.45, 2.75) is 25.5 Å². The van der Waals surface area contributed by atoms with E-state index in [0.717, 1.165) is 28.6 Å². The molecule has 2 rings (SSSR count). The molecule has 18 heavy (non-hydrogen) atoms. The first-order chi connectivity index (χ1) is 8.60. The van der Waals surface area contributed by atoms with Gasteiger partial charge in [0.05, 0.1) is 13.2 Å². The highest BCUT2D eigenvalue weighted by atomic mass is 79.9. The molecule has 1 aliphatic rings. The number of benzene rings is 1. The molecule has 0 atom stereocenters. The number of anilines is 1. The lowest BCUT2D eigenvalue weighted by Gasteiger charge is -2.21. The smallest absolute Gasteiger partial charge is 0.239 e. The molecule has 5 heteroatoms. The van der Waals surface area contributed by atoms with Crippen molar-refractivity contribution in [2.24, 2.45) is 0 Å². The first-order valence-electron chi connectivity index (χ1n) is 6.00. The lowest BCUT2D eigenvalue weighted by Crippen LogP contribution is -2.36. The number of carbonyl (C=O) groups is 1. The second-order valence-electron chi connectivity index (χ2n) is 4.63. The van der Waals surface area contributed by atoms with Crippen molar-refractivity contribution in [1.29, 1.82) is 0 Å². The molecule has 0 radical (unpaired) electrons. The van der Waals surface area contributed by atoms with Crippen molar-refractivity contribution in [1.82, 2.24) is 5.32 Å². The highest BCUT2D eigenvalue weighted by Gasteiger charge is 2.23. The summed E-state index contributed by atoms with van der Waals surface area (Å²) in [5.74, 6) is 0.0314. The van der Waals surface area contributed by atoms with Gasteiger partial charge >= 0.3 is 0 Å². The number of aliphatic hydroxyl groups excluding tert-OH is 1. The van der Waals surface area contributed by atoms with E-state index in [1.807, 2.05) is 30.1 Å². The second kappa shape index (κ2) is 5.71. The van der Waals surface area contributed by atoms with Gasteiger partial charge in [-0.25, -0.2) is 0 Å². The van der Waals surface area contributed by atoms with Crippen LogP contribution in [0.3, 0.4) is 0 Å². The minimum absolute atomic E-state index is 0.0306. The van der Waals surface area contributed by atoms with E-state index in [1.165, 1.54) is 0 Å². The Bertz CT molecular complexity index is 447. The number of aliphatic hydroxyl groups is 1. The van der Waals surface area contributed by atoms with Gasteiger partial charge in [0.1, 0.15) is 0 Å². The van der Waals surface area contributed by atoms with Gasteiger partial charge in [-0.1, -0.05) is 22.0 Å². The molecule has 0 unspecified atom stereocenters. The van der Waals surface area contributed by atoms with E-state index >= 15 is 0 Å². The largest absolute Gasteiger partial charge is 0.392 e. The summed E-state index contributed by atoms with van der Waals surface area (Å²) < 4.78 is 0.934. The van der Waals surface area contributed by atoms with Crippen LogP contribution in [0.25, 0.3) is 0 Å². The fourth-order valence-electron chi connectivity index (χ4n) is 1.83. The van der Waals surface area contributed by atoms with Crippen molar-refractivity contribution in [3.05, 3.63) is 28.2 Å². The SMILES string of the molecule is CN(CC(=O)NC1CC1)c1cc(Br)ccc1CO. The molecule has 0 aromatic heterocycles. The fraction of sp³-hybridized carbons (Fsp3) is 0.462. The zero-order valence-electron chi connectivity index (χ0n) is 10.3. The van der Waals surface area contributed by atoms with Crippen LogP contribution in [0.5, 0.6) is 0 Å². The lowest BCUT2D eigenvalue weighted by molar-refractivity contribution is -0.119. The van der Waals surface area contributed by atoms with Gasteiger partial charge in [-0.3, -0.25) is 4.79 Å². The molecule has 0 spiro atoms.